The summed E-state index contributed by atoms with van der Waals surface area (Å²) in [7, 11) is 1.98. The number of benzene rings is 2. The second-order valence-electron chi connectivity index (χ2n) is 5.83. The lowest BCUT2D eigenvalue weighted by atomic mass is 9.90. The molecule has 0 aliphatic heterocycles. The van der Waals surface area contributed by atoms with Gasteiger partial charge in [0, 0.05) is 19.0 Å². The van der Waals surface area contributed by atoms with Crippen LogP contribution in [0.1, 0.15) is 24.0 Å². The van der Waals surface area contributed by atoms with Crippen molar-refractivity contribution < 1.29 is 9.90 Å². The fourth-order valence-electron chi connectivity index (χ4n) is 2.71. The van der Waals surface area contributed by atoms with Gasteiger partial charge in [0.2, 0.25) is 0 Å². The molecule has 1 atom stereocenters. The van der Waals surface area contributed by atoms with Gasteiger partial charge in [-0.15, -0.1) is 0 Å². The average Bonchev–Trinajstić information content (AvgIpc) is 2.54. The molecule has 1 unspecified atom stereocenters. The Kier molecular flexibility index (Phi) is 5.73. The van der Waals surface area contributed by atoms with E-state index in [-0.39, 0.29) is 11.8 Å². The van der Waals surface area contributed by atoms with E-state index in [4.69, 9.17) is 5.11 Å². The van der Waals surface area contributed by atoms with Crippen LogP contribution in [0, 0.1) is 5.92 Å². The molecule has 0 radical (unpaired) electrons. The largest absolute Gasteiger partial charge is 0.481 e. The normalized spacial score (nSPS) is 12.5. The number of hydrogen-bond donors (Lipinski definition) is 1. The molecule has 0 heterocycles. The summed E-state index contributed by atoms with van der Waals surface area (Å²) in [4.78, 5) is 13.1. The van der Waals surface area contributed by atoms with Crippen LogP contribution in [0.25, 0.3) is 0 Å². The van der Waals surface area contributed by atoms with E-state index >= 15 is 0 Å². The highest BCUT2D eigenvalue weighted by molar-refractivity contribution is 5.69. The summed E-state index contributed by atoms with van der Waals surface area (Å²) in [5.41, 5.74) is 2.51. The van der Waals surface area contributed by atoms with E-state index in [9.17, 15) is 4.79 Å². The zero-order valence-electron chi connectivity index (χ0n) is 13.1. The van der Waals surface area contributed by atoms with E-state index < -0.39 is 5.97 Å². The maximum absolute atomic E-state index is 11.0. The Morgan fingerprint density at radius 1 is 0.955 bits per heavy atom. The van der Waals surface area contributed by atoms with Crippen LogP contribution in [0.4, 0.5) is 0 Å². The smallest absolute Gasteiger partial charge is 0.307 e. The Balaban J connectivity index is 2.17. The van der Waals surface area contributed by atoms with Gasteiger partial charge in [0.05, 0.1) is 5.92 Å². The molecule has 1 N–H and O–H groups in total. The van der Waals surface area contributed by atoms with Crippen molar-refractivity contribution in [3.05, 3.63) is 71.8 Å². The van der Waals surface area contributed by atoms with Gasteiger partial charge in [0.1, 0.15) is 0 Å². The summed E-state index contributed by atoms with van der Waals surface area (Å²) in [6, 6.07) is 20.7. The Morgan fingerprint density at radius 2 is 1.41 bits per heavy atom. The molecule has 0 saturated carbocycles. The summed E-state index contributed by atoms with van der Waals surface area (Å²) in [6.07, 6.45) is 0. The molecule has 22 heavy (non-hydrogen) atoms. The first kappa shape index (κ1) is 16.2. The minimum absolute atomic E-state index is 0.244. The first-order valence-corrected chi connectivity index (χ1v) is 7.59. The fourth-order valence-corrected chi connectivity index (χ4v) is 2.71. The molecule has 116 valence electrons. The molecule has 3 nitrogen and oxygen atoms in total. The molecule has 0 saturated heterocycles. The molecule has 0 spiro atoms. The molecular weight excluding hydrogens is 274 g/mol. The second-order valence-corrected chi connectivity index (χ2v) is 5.83. The van der Waals surface area contributed by atoms with E-state index in [0.29, 0.717) is 6.54 Å². The summed E-state index contributed by atoms with van der Waals surface area (Å²) < 4.78 is 0. The number of rotatable bonds is 7. The molecule has 2 aromatic carbocycles. The van der Waals surface area contributed by atoms with Gasteiger partial charge >= 0.3 is 5.97 Å². The SMILES string of the molecule is CC(CN(C)CC(c1ccccc1)c1ccccc1)C(=O)O. The van der Waals surface area contributed by atoms with Crippen molar-refractivity contribution in [1.29, 1.82) is 0 Å². The first-order chi connectivity index (χ1) is 10.6. The van der Waals surface area contributed by atoms with E-state index in [1.807, 2.05) is 43.4 Å². The van der Waals surface area contributed by atoms with Crippen molar-refractivity contribution in [3.63, 3.8) is 0 Å². The first-order valence-electron chi connectivity index (χ1n) is 7.59. The number of carbonyl (C=O) groups is 1. The topological polar surface area (TPSA) is 40.5 Å². The van der Waals surface area contributed by atoms with Crippen LogP contribution in [0.2, 0.25) is 0 Å². The fraction of sp³-hybridized carbons (Fsp3) is 0.316. The molecule has 2 aromatic rings. The third-order valence-corrected chi connectivity index (χ3v) is 3.91. The molecule has 0 bridgehead atoms. The highest BCUT2D eigenvalue weighted by Gasteiger charge is 2.19. The highest BCUT2D eigenvalue weighted by atomic mass is 16.4. The second kappa shape index (κ2) is 7.76. The van der Waals surface area contributed by atoms with Gasteiger partial charge in [0.15, 0.2) is 0 Å². The highest BCUT2D eigenvalue weighted by Crippen LogP contribution is 2.25. The van der Waals surface area contributed by atoms with E-state index in [0.717, 1.165) is 6.54 Å². The predicted molar refractivity (Wildman–Crippen MR) is 89.0 cm³/mol. The average molecular weight is 297 g/mol. The minimum atomic E-state index is -0.747. The summed E-state index contributed by atoms with van der Waals surface area (Å²) in [5.74, 6) is -0.867. The lowest BCUT2D eigenvalue weighted by molar-refractivity contribution is -0.141. The standard InChI is InChI=1S/C19H23NO2/c1-15(19(21)22)13-20(2)14-18(16-9-5-3-6-10-16)17-11-7-4-8-12-17/h3-12,15,18H,13-14H2,1-2H3,(H,21,22). The monoisotopic (exact) mass is 297 g/mol. The van der Waals surface area contributed by atoms with Crippen LogP contribution in [-0.2, 0) is 4.79 Å². The zero-order valence-corrected chi connectivity index (χ0v) is 13.1. The van der Waals surface area contributed by atoms with Crippen LogP contribution >= 0.6 is 0 Å². The van der Waals surface area contributed by atoms with Crippen LogP contribution in [0.3, 0.4) is 0 Å². The van der Waals surface area contributed by atoms with Crippen LogP contribution in [-0.4, -0.2) is 36.1 Å². The Hall–Kier alpha value is -2.13. The third kappa shape index (κ3) is 4.43. The molecular formula is C19H23NO2. The molecule has 0 fully saturated rings. The van der Waals surface area contributed by atoms with E-state index in [2.05, 4.69) is 29.2 Å². The zero-order chi connectivity index (χ0) is 15.9. The van der Waals surface area contributed by atoms with Crippen molar-refractivity contribution in [3.8, 4) is 0 Å². The number of carboxylic acid groups (broad SMARTS) is 1. The molecule has 2 rings (SSSR count). The van der Waals surface area contributed by atoms with Gasteiger partial charge in [-0.25, -0.2) is 0 Å². The lowest BCUT2D eigenvalue weighted by Gasteiger charge is -2.26. The van der Waals surface area contributed by atoms with Crippen LogP contribution in [0.15, 0.2) is 60.7 Å². The number of hydrogen-bond acceptors (Lipinski definition) is 2. The number of aliphatic carboxylic acids is 1. The van der Waals surface area contributed by atoms with Crippen molar-refractivity contribution >= 4 is 5.97 Å². The van der Waals surface area contributed by atoms with Gasteiger partial charge in [0.25, 0.3) is 0 Å². The van der Waals surface area contributed by atoms with E-state index in [1.165, 1.54) is 11.1 Å². The van der Waals surface area contributed by atoms with Gasteiger partial charge in [-0.05, 0) is 18.2 Å². The molecule has 0 aromatic heterocycles. The maximum Gasteiger partial charge on any atom is 0.307 e. The summed E-state index contributed by atoms with van der Waals surface area (Å²) in [6.45, 7) is 3.09. The van der Waals surface area contributed by atoms with E-state index in [1.54, 1.807) is 6.92 Å². The molecule has 0 aliphatic carbocycles. The third-order valence-electron chi connectivity index (χ3n) is 3.91. The van der Waals surface area contributed by atoms with Gasteiger partial charge in [-0.3, -0.25) is 4.79 Å². The quantitative estimate of drug-likeness (QED) is 0.850. The van der Waals surface area contributed by atoms with Crippen LogP contribution < -0.4 is 0 Å². The number of nitrogens with zero attached hydrogens (tertiary/aromatic N) is 1. The van der Waals surface area contributed by atoms with Crippen molar-refractivity contribution in [2.45, 2.75) is 12.8 Å². The number of carboxylic acids is 1. The van der Waals surface area contributed by atoms with Crippen LogP contribution in [0.5, 0.6) is 0 Å². The van der Waals surface area contributed by atoms with Crippen molar-refractivity contribution in [1.82, 2.24) is 4.90 Å². The van der Waals surface area contributed by atoms with Gasteiger partial charge < -0.3 is 10.0 Å². The molecule has 0 aliphatic rings. The van der Waals surface area contributed by atoms with Crippen molar-refractivity contribution in [2.75, 3.05) is 20.1 Å². The maximum atomic E-state index is 11.0. The Labute approximate surface area is 132 Å². The summed E-state index contributed by atoms with van der Waals surface area (Å²) >= 11 is 0. The van der Waals surface area contributed by atoms with Gasteiger partial charge in [-0.2, -0.15) is 0 Å². The predicted octanol–water partition coefficient (Wildman–Crippen LogP) is 3.47. The minimum Gasteiger partial charge on any atom is -0.481 e. The van der Waals surface area contributed by atoms with Crippen molar-refractivity contribution in [2.24, 2.45) is 5.92 Å². The lowest BCUT2D eigenvalue weighted by Crippen LogP contribution is -2.32. The van der Waals surface area contributed by atoms with Gasteiger partial charge in [-0.1, -0.05) is 67.6 Å². The Morgan fingerprint density at radius 3 is 1.82 bits per heavy atom. The molecule has 0 amide bonds. The molecule has 3 heteroatoms. The Bertz CT molecular complexity index is 543. The number of likely N-dealkylation sites (N-methyl/N-ethyl adjacent to an activating group) is 1. The summed E-state index contributed by atoms with van der Waals surface area (Å²) in [5, 5.41) is 9.07.